The summed E-state index contributed by atoms with van der Waals surface area (Å²) in [5.41, 5.74) is 3.04. The van der Waals surface area contributed by atoms with Crippen LogP contribution in [-0.4, -0.2) is 24.4 Å². The van der Waals surface area contributed by atoms with Crippen LogP contribution in [0.1, 0.15) is 49.3 Å². The van der Waals surface area contributed by atoms with Crippen LogP contribution in [0, 0.1) is 0 Å². The Morgan fingerprint density at radius 2 is 1.80 bits per heavy atom. The van der Waals surface area contributed by atoms with E-state index in [1.165, 1.54) is 22.8 Å². The maximum absolute atomic E-state index is 13.4. The molecular weight excluding hydrogens is 372 g/mol. The van der Waals surface area contributed by atoms with Crippen molar-refractivity contribution in [3.63, 3.8) is 0 Å². The minimum absolute atomic E-state index is 0.115. The fraction of sp³-hybridized carbons (Fsp3) is 0.385. The first kappa shape index (κ1) is 20.4. The molecular formula is C26H30N2O2. The van der Waals surface area contributed by atoms with E-state index in [0.29, 0.717) is 6.54 Å². The Labute approximate surface area is 178 Å². The van der Waals surface area contributed by atoms with E-state index in [9.17, 15) is 9.59 Å². The third kappa shape index (κ3) is 3.67. The van der Waals surface area contributed by atoms with E-state index in [4.69, 9.17) is 0 Å². The van der Waals surface area contributed by atoms with Crippen molar-refractivity contribution < 1.29 is 9.59 Å². The lowest BCUT2D eigenvalue weighted by atomic mass is 9.61. The minimum Gasteiger partial charge on any atom is -0.353 e. The second-order valence-corrected chi connectivity index (χ2v) is 8.99. The normalized spacial score (nSPS) is 27.3. The molecule has 0 heterocycles. The molecule has 2 aliphatic rings. The Morgan fingerprint density at radius 3 is 2.53 bits per heavy atom. The van der Waals surface area contributed by atoms with Gasteiger partial charge in [0.2, 0.25) is 11.8 Å². The fourth-order valence-corrected chi connectivity index (χ4v) is 5.21. The zero-order valence-electron chi connectivity index (χ0n) is 17.6. The highest BCUT2D eigenvalue weighted by Gasteiger charge is 2.48. The Hall–Kier alpha value is -2.88. The van der Waals surface area contributed by atoms with Crippen molar-refractivity contribution in [2.24, 2.45) is 0 Å². The van der Waals surface area contributed by atoms with Crippen LogP contribution in [0.3, 0.4) is 0 Å². The largest absolute Gasteiger partial charge is 0.353 e. The van der Waals surface area contributed by atoms with E-state index in [1.54, 1.807) is 0 Å². The number of fused-ring (bicyclic) bond motifs is 1. The molecule has 1 fully saturated rings. The van der Waals surface area contributed by atoms with E-state index in [1.807, 2.05) is 24.3 Å². The molecule has 1 saturated carbocycles. The lowest BCUT2D eigenvalue weighted by Gasteiger charge is -2.49. The van der Waals surface area contributed by atoms with Gasteiger partial charge in [0.25, 0.3) is 0 Å². The highest BCUT2D eigenvalue weighted by Crippen LogP contribution is 2.44. The van der Waals surface area contributed by atoms with E-state index in [0.717, 1.165) is 32.1 Å². The summed E-state index contributed by atoms with van der Waals surface area (Å²) in [4.78, 5) is 25.1. The van der Waals surface area contributed by atoms with E-state index in [2.05, 4.69) is 54.5 Å². The van der Waals surface area contributed by atoms with Crippen LogP contribution in [0.2, 0.25) is 0 Å². The van der Waals surface area contributed by atoms with E-state index < -0.39 is 5.41 Å². The molecule has 4 rings (SSSR count). The highest BCUT2D eigenvalue weighted by atomic mass is 16.2. The molecule has 0 spiro atoms. The van der Waals surface area contributed by atoms with Gasteiger partial charge in [-0.15, -0.1) is 0 Å². The molecule has 4 heteroatoms. The topological polar surface area (TPSA) is 58.2 Å². The molecule has 1 unspecified atom stereocenters. The molecule has 0 aliphatic heterocycles. The lowest BCUT2D eigenvalue weighted by Crippen LogP contribution is -2.60. The summed E-state index contributed by atoms with van der Waals surface area (Å²) < 4.78 is 0. The summed E-state index contributed by atoms with van der Waals surface area (Å²) >= 11 is 0. The van der Waals surface area contributed by atoms with Gasteiger partial charge in [-0.2, -0.15) is 0 Å². The lowest BCUT2D eigenvalue weighted by molar-refractivity contribution is -0.128. The van der Waals surface area contributed by atoms with Gasteiger partial charge in [-0.05, 0) is 61.8 Å². The van der Waals surface area contributed by atoms with Crippen LogP contribution in [0.4, 0.5) is 0 Å². The average molecular weight is 403 g/mol. The van der Waals surface area contributed by atoms with Crippen molar-refractivity contribution in [3.05, 3.63) is 83.9 Å². The molecule has 2 aromatic carbocycles. The van der Waals surface area contributed by atoms with Crippen molar-refractivity contribution in [2.45, 2.75) is 55.9 Å². The highest BCUT2D eigenvalue weighted by molar-refractivity contribution is 5.89. The molecule has 0 radical (unpaired) electrons. The quantitative estimate of drug-likeness (QED) is 0.722. The molecule has 1 atom stereocenters. The molecule has 2 aromatic rings. The molecule has 0 bridgehead atoms. The number of carbonyl (C=O) groups excluding carboxylic acids is 2. The summed E-state index contributed by atoms with van der Waals surface area (Å²) in [6.07, 6.45) is 5.89. The van der Waals surface area contributed by atoms with Crippen molar-refractivity contribution in [1.82, 2.24) is 10.6 Å². The van der Waals surface area contributed by atoms with E-state index in [-0.39, 0.29) is 23.3 Å². The monoisotopic (exact) mass is 402 g/mol. The molecule has 0 saturated heterocycles. The van der Waals surface area contributed by atoms with Gasteiger partial charge in [-0.3, -0.25) is 9.59 Å². The third-order valence-corrected chi connectivity index (χ3v) is 7.02. The predicted octanol–water partition coefficient (Wildman–Crippen LogP) is 3.80. The van der Waals surface area contributed by atoms with Gasteiger partial charge in [0, 0.05) is 18.0 Å². The number of aryl methyl sites for hydroxylation is 1. The third-order valence-electron chi connectivity index (χ3n) is 7.02. The van der Waals surface area contributed by atoms with Crippen LogP contribution < -0.4 is 10.6 Å². The second kappa shape index (κ2) is 8.10. The van der Waals surface area contributed by atoms with Gasteiger partial charge >= 0.3 is 0 Å². The zero-order chi connectivity index (χ0) is 21.2. The van der Waals surface area contributed by atoms with Crippen molar-refractivity contribution >= 4 is 11.8 Å². The Morgan fingerprint density at radius 1 is 1.10 bits per heavy atom. The van der Waals surface area contributed by atoms with E-state index >= 15 is 0 Å². The van der Waals surface area contributed by atoms with Crippen molar-refractivity contribution in [3.8, 4) is 0 Å². The van der Waals surface area contributed by atoms with Gasteiger partial charge < -0.3 is 10.6 Å². The SMILES string of the molecule is C=CC(=O)NCC1(c2ccccc2)CC(NC(=O)C2(C)CCCc3ccccc32)C1. The predicted molar refractivity (Wildman–Crippen MR) is 119 cm³/mol. The van der Waals surface area contributed by atoms with Gasteiger partial charge in [0.05, 0.1) is 5.41 Å². The summed E-state index contributed by atoms with van der Waals surface area (Å²) in [6.45, 7) is 6.17. The summed E-state index contributed by atoms with van der Waals surface area (Å²) in [6, 6.07) is 18.7. The van der Waals surface area contributed by atoms with Crippen LogP contribution in [0.5, 0.6) is 0 Å². The van der Waals surface area contributed by atoms with Crippen molar-refractivity contribution in [2.75, 3.05) is 6.54 Å². The number of rotatable bonds is 6. The molecule has 2 N–H and O–H groups in total. The first-order valence-corrected chi connectivity index (χ1v) is 10.8. The fourth-order valence-electron chi connectivity index (χ4n) is 5.21. The average Bonchev–Trinajstić information content (AvgIpc) is 2.75. The first-order valence-electron chi connectivity index (χ1n) is 10.8. The number of benzene rings is 2. The molecule has 156 valence electrons. The standard InChI is InChI=1S/C26H30N2O2/c1-3-23(29)27-18-26(20-12-5-4-6-13-20)16-21(17-26)28-24(30)25(2)15-9-11-19-10-7-8-14-22(19)25/h3-8,10,12-14,21H,1,9,11,15-18H2,2H3,(H,27,29)(H,28,30). The van der Waals surface area contributed by atoms with Gasteiger partial charge in [-0.25, -0.2) is 0 Å². The maximum atomic E-state index is 13.4. The smallest absolute Gasteiger partial charge is 0.243 e. The van der Waals surface area contributed by atoms with Gasteiger partial charge in [0.15, 0.2) is 0 Å². The van der Waals surface area contributed by atoms with Crippen LogP contribution in [-0.2, 0) is 26.8 Å². The van der Waals surface area contributed by atoms with Crippen LogP contribution >= 0.6 is 0 Å². The summed E-state index contributed by atoms with van der Waals surface area (Å²) in [5, 5.41) is 6.28. The summed E-state index contributed by atoms with van der Waals surface area (Å²) in [7, 11) is 0. The number of nitrogens with one attached hydrogen (secondary N) is 2. The second-order valence-electron chi connectivity index (χ2n) is 8.99. The molecule has 4 nitrogen and oxygen atoms in total. The Bertz CT molecular complexity index is 947. The Kier molecular flexibility index (Phi) is 5.50. The molecule has 2 amide bonds. The van der Waals surface area contributed by atoms with Crippen LogP contribution in [0.15, 0.2) is 67.3 Å². The van der Waals surface area contributed by atoms with Crippen molar-refractivity contribution in [1.29, 1.82) is 0 Å². The number of hydrogen-bond donors (Lipinski definition) is 2. The molecule has 30 heavy (non-hydrogen) atoms. The van der Waals surface area contributed by atoms with Crippen LogP contribution in [0.25, 0.3) is 0 Å². The van der Waals surface area contributed by atoms with Gasteiger partial charge in [0.1, 0.15) is 0 Å². The number of carbonyl (C=O) groups is 2. The van der Waals surface area contributed by atoms with Gasteiger partial charge in [-0.1, -0.05) is 61.2 Å². The minimum atomic E-state index is -0.475. The summed E-state index contributed by atoms with van der Waals surface area (Å²) in [5.74, 6) is -0.0412. The molecule has 2 aliphatic carbocycles. The Balaban J connectivity index is 1.47. The number of amides is 2. The number of hydrogen-bond acceptors (Lipinski definition) is 2. The molecule has 0 aromatic heterocycles. The zero-order valence-corrected chi connectivity index (χ0v) is 17.6. The maximum Gasteiger partial charge on any atom is 0.243 e. The first-order chi connectivity index (χ1) is 14.5.